The Morgan fingerprint density at radius 3 is 1.86 bits per heavy atom. The van der Waals surface area contributed by atoms with Gasteiger partial charge >= 0.3 is 17.9 Å². The Bertz CT molecular complexity index is 1950. The molecular formula is C48H55O7Si. The van der Waals surface area contributed by atoms with E-state index in [1.54, 1.807) is 7.11 Å². The molecule has 1 aliphatic heterocycles. The molecule has 8 heteroatoms. The van der Waals surface area contributed by atoms with Gasteiger partial charge in [-0.1, -0.05) is 65.9 Å². The van der Waals surface area contributed by atoms with Crippen LogP contribution in [0.4, 0.5) is 0 Å². The summed E-state index contributed by atoms with van der Waals surface area (Å²) in [6, 6.07) is 23.2. The van der Waals surface area contributed by atoms with Crippen LogP contribution in [0.3, 0.4) is 0 Å². The van der Waals surface area contributed by atoms with Gasteiger partial charge in [0.1, 0.15) is 17.5 Å². The standard InChI is InChI=1S/C48H55O7Si/c1-28(48-24-31-15-32(25-48)17-33(16-31)26-48)54-45(50)27-53-46(51)40(23-44(49)55-47(2)34-18-29-14-30(20-34)21-35(47)19-29)39-22-36(12-13-41(39)52-3)56-42-10-6-4-8-37(42)38-9-5-7-11-43(38)56/h4-13,22,28-35,40H,14-21,23-27H2,1-3H3. The molecular weight excluding hydrogens is 717 g/mol. The molecule has 0 spiro atoms. The maximum atomic E-state index is 14.4. The van der Waals surface area contributed by atoms with Crippen LogP contribution in [0, 0.1) is 46.8 Å². The lowest BCUT2D eigenvalue weighted by Gasteiger charge is -2.59. The summed E-state index contributed by atoms with van der Waals surface area (Å²) in [5.74, 6) is 2.28. The molecule has 9 aliphatic rings. The van der Waals surface area contributed by atoms with Gasteiger partial charge in [0.2, 0.25) is 0 Å². The van der Waals surface area contributed by atoms with Gasteiger partial charge in [-0.15, -0.1) is 0 Å². The number of esters is 3. The molecule has 8 bridgehead atoms. The largest absolute Gasteiger partial charge is 0.496 e. The summed E-state index contributed by atoms with van der Waals surface area (Å²) in [4.78, 5) is 42.1. The lowest BCUT2D eigenvalue weighted by molar-refractivity contribution is -0.204. The maximum Gasteiger partial charge on any atom is 0.344 e. The minimum absolute atomic E-state index is 0.0306. The monoisotopic (exact) mass is 771 g/mol. The Balaban J connectivity index is 0.924. The van der Waals surface area contributed by atoms with Gasteiger partial charge in [0.15, 0.2) is 15.4 Å². The van der Waals surface area contributed by atoms with Crippen molar-refractivity contribution in [1.82, 2.24) is 0 Å². The second-order valence-corrected chi connectivity index (χ2v) is 21.6. The Hall–Kier alpha value is -3.91. The predicted octanol–water partition coefficient (Wildman–Crippen LogP) is 7.11. The van der Waals surface area contributed by atoms with Gasteiger partial charge in [0, 0.05) is 11.0 Å². The molecule has 0 saturated heterocycles. The highest BCUT2D eigenvalue weighted by Crippen LogP contribution is 2.62. The molecule has 2 unspecified atom stereocenters. The van der Waals surface area contributed by atoms with E-state index in [-0.39, 0.29) is 17.9 Å². The number of rotatable bonds is 11. The van der Waals surface area contributed by atoms with E-state index in [2.05, 4.69) is 61.5 Å². The van der Waals surface area contributed by atoms with Gasteiger partial charge in [-0.3, -0.25) is 9.59 Å². The summed E-state index contributed by atoms with van der Waals surface area (Å²) in [5.41, 5.74) is 2.54. The molecule has 3 aromatic carbocycles. The van der Waals surface area contributed by atoms with E-state index >= 15 is 0 Å². The van der Waals surface area contributed by atoms with Crippen LogP contribution in [0.5, 0.6) is 5.75 Å². The van der Waals surface area contributed by atoms with E-state index < -0.39 is 44.8 Å². The van der Waals surface area contributed by atoms with Crippen molar-refractivity contribution >= 4 is 42.3 Å². The van der Waals surface area contributed by atoms with Crippen molar-refractivity contribution in [3.8, 4) is 16.9 Å². The molecule has 2 atom stereocenters. The SMILES string of the molecule is COc1ccc([Si]2c3ccccc3-c3ccccc32)cc1C(CC(=O)OC1(C)C2CC3CC(C2)CC1C3)C(=O)OCC(=O)OC(C)C12CC3CC(CC(C3)C1)C2. The second-order valence-electron chi connectivity index (χ2n) is 19.2. The zero-order chi connectivity index (χ0) is 38.3. The quantitative estimate of drug-likeness (QED) is 0.0913. The van der Waals surface area contributed by atoms with Crippen LogP contribution in [-0.2, 0) is 28.6 Å². The first-order chi connectivity index (χ1) is 27.1. The average molecular weight is 772 g/mol. The number of ether oxygens (including phenoxy) is 4. The summed E-state index contributed by atoms with van der Waals surface area (Å²) in [6.07, 6.45) is 12.6. The van der Waals surface area contributed by atoms with E-state index in [0.717, 1.165) is 79.7 Å². The third kappa shape index (κ3) is 6.15. The number of hydrogen-bond donors (Lipinski definition) is 0. The van der Waals surface area contributed by atoms with Gasteiger partial charge in [0.25, 0.3) is 0 Å². The van der Waals surface area contributed by atoms with Crippen LogP contribution >= 0.6 is 0 Å². The van der Waals surface area contributed by atoms with Crippen molar-refractivity contribution in [2.45, 2.75) is 109 Å². The molecule has 0 aromatic heterocycles. The van der Waals surface area contributed by atoms with Crippen molar-refractivity contribution in [2.75, 3.05) is 13.7 Å². The van der Waals surface area contributed by atoms with Crippen LogP contribution in [-0.4, -0.2) is 52.1 Å². The number of methoxy groups -OCH3 is 1. The minimum Gasteiger partial charge on any atom is -0.496 e. The van der Waals surface area contributed by atoms with Gasteiger partial charge in [-0.05, 0) is 153 Å². The van der Waals surface area contributed by atoms with E-state index in [1.165, 1.54) is 47.2 Å². The van der Waals surface area contributed by atoms with E-state index in [0.29, 0.717) is 23.1 Å². The Morgan fingerprint density at radius 1 is 0.732 bits per heavy atom. The molecule has 0 N–H and O–H groups in total. The molecule has 1 heterocycles. The van der Waals surface area contributed by atoms with Crippen LogP contribution in [0.25, 0.3) is 11.1 Å². The molecule has 12 rings (SSSR count). The molecule has 3 aromatic rings. The summed E-state index contributed by atoms with van der Waals surface area (Å²) in [5, 5.41) is 3.67. The lowest BCUT2D eigenvalue weighted by Crippen LogP contribution is -2.58. The molecule has 293 valence electrons. The Kier molecular flexibility index (Phi) is 9.03. The first-order valence-corrected chi connectivity index (χ1v) is 22.9. The van der Waals surface area contributed by atoms with Crippen molar-refractivity contribution in [1.29, 1.82) is 0 Å². The number of hydrogen-bond acceptors (Lipinski definition) is 7. The van der Waals surface area contributed by atoms with Gasteiger partial charge in [-0.2, -0.15) is 0 Å². The van der Waals surface area contributed by atoms with Crippen LogP contribution < -0.4 is 20.3 Å². The summed E-state index contributed by atoms with van der Waals surface area (Å²) < 4.78 is 24.4. The lowest BCUT2D eigenvalue weighted by atomic mass is 9.48. The highest BCUT2D eigenvalue weighted by atomic mass is 28.3. The van der Waals surface area contributed by atoms with E-state index in [1.807, 2.05) is 19.1 Å². The summed E-state index contributed by atoms with van der Waals surface area (Å²) in [7, 11) is 0.155. The molecule has 8 fully saturated rings. The van der Waals surface area contributed by atoms with Gasteiger partial charge in [-0.25, -0.2) is 4.79 Å². The predicted molar refractivity (Wildman–Crippen MR) is 216 cm³/mol. The van der Waals surface area contributed by atoms with E-state index in [9.17, 15) is 14.4 Å². The molecule has 1 radical (unpaired) electrons. The number of carbonyl (C=O) groups is 3. The maximum absolute atomic E-state index is 14.4. The Labute approximate surface area is 332 Å². The molecule has 8 saturated carbocycles. The van der Waals surface area contributed by atoms with Crippen molar-refractivity contribution in [3.05, 3.63) is 72.3 Å². The zero-order valence-corrected chi connectivity index (χ0v) is 34.1. The van der Waals surface area contributed by atoms with Crippen LogP contribution in [0.2, 0.25) is 0 Å². The fourth-order valence-electron chi connectivity index (χ4n) is 13.8. The number of benzene rings is 3. The first kappa shape index (κ1) is 36.4. The fourth-order valence-corrected chi connectivity index (χ4v) is 16.8. The van der Waals surface area contributed by atoms with Gasteiger partial charge < -0.3 is 18.9 Å². The number of carbonyl (C=O) groups excluding carboxylic acids is 3. The van der Waals surface area contributed by atoms with Crippen LogP contribution in [0.1, 0.15) is 102 Å². The summed E-state index contributed by atoms with van der Waals surface area (Å²) in [6.45, 7) is 3.67. The third-order valence-corrected chi connectivity index (χ3v) is 18.8. The summed E-state index contributed by atoms with van der Waals surface area (Å²) >= 11 is 0. The van der Waals surface area contributed by atoms with Crippen molar-refractivity contribution in [2.24, 2.45) is 46.8 Å². The average Bonchev–Trinajstić information content (AvgIpc) is 3.51. The zero-order valence-electron chi connectivity index (χ0n) is 33.1. The first-order valence-electron chi connectivity index (χ1n) is 21.4. The molecule has 56 heavy (non-hydrogen) atoms. The van der Waals surface area contributed by atoms with Crippen LogP contribution in [0.15, 0.2) is 66.7 Å². The van der Waals surface area contributed by atoms with Gasteiger partial charge in [0.05, 0.1) is 19.4 Å². The van der Waals surface area contributed by atoms with Crippen molar-refractivity contribution < 1.29 is 33.3 Å². The number of fused-ring (bicyclic) bond motifs is 3. The normalized spacial score (nSPS) is 34.0. The fraction of sp³-hybridized carbons (Fsp3) is 0.562. The molecule has 7 nitrogen and oxygen atoms in total. The second kappa shape index (κ2) is 13.9. The highest BCUT2D eigenvalue weighted by Gasteiger charge is 2.57. The topological polar surface area (TPSA) is 88.1 Å². The highest BCUT2D eigenvalue weighted by molar-refractivity contribution is 6.99. The third-order valence-electron chi connectivity index (χ3n) is 15.9. The Morgan fingerprint density at radius 2 is 1.29 bits per heavy atom. The minimum atomic E-state index is -1.43. The molecule has 0 amide bonds. The smallest absolute Gasteiger partial charge is 0.344 e. The molecule has 8 aliphatic carbocycles. The van der Waals surface area contributed by atoms with Crippen molar-refractivity contribution in [3.63, 3.8) is 0 Å². The van der Waals surface area contributed by atoms with E-state index in [4.69, 9.17) is 18.9 Å².